The SMILES string of the molecule is CC1C=C(n2c3ccccc3c3ccccc32)C=CC1C1=c2ccccc2=C(c2ccccc2)C2(C)C=CC=CC12. The first-order chi connectivity index (χ1) is 20.1. The van der Waals surface area contributed by atoms with Crippen molar-refractivity contribution in [2.75, 3.05) is 0 Å². The maximum absolute atomic E-state index is 2.50. The lowest BCUT2D eigenvalue weighted by molar-refractivity contribution is 0.443. The maximum Gasteiger partial charge on any atom is 0.0540 e. The molecule has 198 valence electrons. The van der Waals surface area contributed by atoms with Gasteiger partial charge in [-0.3, -0.25) is 0 Å². The number of rotatable bonds is 3. The smallest absolute Gasteiger partial charge is 0.0540 e. The van der Waals surface area contributed by atoms with Crippen molar-refractivity contribution < 1.29 is 0 Å². The van der Waals surface area contributed by atoms with E-state index in [-0.39, 0.29) is 11.3 Å². The fourth-order valence-corrected chi connectivity index (χ4v) is 7.81. The summed E-state index contributed by atoms with van der Waals surface area (Å²) in [6, 6.07) is 37.7. The molecular formula is C40H33N. The molecule has 4 atom stereocenters. The number of allylic oxidation sites excluding steroid dienone is 8. The van der Waals surface area contributed by atoms with Crippen molar-refractivity contribution >= 4 is 38.6 Å². The molecule has 0 aliphatic heterocycles. The normalized spacial score (nSPS) is 24.9. The van der Waals surface area contributed by atoms with E-state index in [1.54, 1.807) is 0 Å². The summed E-state index contributed by atoms with van der Waals surface area (Å²) in [5.74, 6) is 0.948. The highest BCUT2D eigenvalue weighted by atomic mass is 15.0. The lowest BCUT2D eigenvalue weighted by atomic mass is 9.58. The number of hydrogen-bond donors (Lipinski definition) is 0. The number of benzene rings is 4. The van der Waals surface area contributed by atoms with Crippen LogP contribution in [0.4, 0.5) is 0 Å². The molecule has 0 fully saturated rings. The average Bonchev–Trinajstić information content (AvgIpc) is 3.35. The molecule has 1 heterocycles. The fraction of sp³-hybridized carbons (Fsp3) is 0.150. The van der Waals surface area contributed by atoms with Crippen LogP contribution in [-0.4, -0.2) is 4.57 Å². The molecule has 3 aliphatic rings. The van der Waals surface area contributed by atoms with E-state index >= 15 is 0 Å². The molecule has 0 spiro atoms. The van der Waals surface area contributed by atoms with Crippen molar-refractivity contribution in [1.29, 1.82) is 0 Å². The van der Waals surface area contributed by atoms with Gasteiger partial charge in [0.05, 0.1) is 11.0 Å². The molecule has 1 nitrogen and oxygen atoms in total. The zero-order chi connectivity index (χ0) is 27.6. The lowest BCUT2D eigenvalue weighted by Gasteiger charge is -2.45. The minimum absolute atomic E-state index is 0.121. The number of hydrogen-bond acceptors (Lipinski definition) is 0. The van der Waals surface area contributed by atoms with Gasteiger partial charge in [0.15, 0.2) is 0 Å². The van der Waals surface area contributed by atoms with E-state index in [4.69, 9.17) is 0 Å². The molecule has 1 aromatic heterocycles. The van der Waals surface area contributed by atoms with Crippen LogP contribution in [0.25, 0.3) is 38.6 Å². The quantitative estimate of drug-likeness (QED) is 0.223. The Morgan fingerprint density at radius 3 is 2.00 bits per heavy atom. The predicted octanol–water partition coefficient (Wildman–Crippen LogP) is 8.27. The van der Waals surface area contributed by atoms with Gasteiger partial charge in [-0.2, -0.15) is 0 Å². The van der Waals surface area contributed by atoms with Gasteiger partial charge in [0.25, 0.3) is 0 Å². The second-order valence-electron chi connectivity index (χ2n) is 12.0. The predicted molar refractivity (Wildman–Crippen MR) is 173 cm³/mol. The van der Waals surface area contributed by atoms with E-state index in [9.17, 15) is 0 Å². The van der Waals surface area contributed by atoms with Crippen molar-refractivity contribution in [2.45, 2.75) is 13.8 Å². The van der Waals surface area contributed by atoms with E-state index in [0.717, 1.165) is 0 Å². The van der Waals surface area contributed by atoms with Crippen LogP contribution in [0.1, 0.15) is 19.4 Å². The van der Waals surface area contributed by atoms with Crippen molar-refractivity contribution in [3.05, 3.63) is 162 Å². The summed E-state index contributed by atoms with van der Waals surface area (Å²) in [6.45, 7) is 4.83. The van der Waals surface area contributed by atoms with Gasteiger partial charge < -0.3 is 4.57 Å². The molecule has 4 aromatic carbocycles. The van der Waals surface area contributed by atoms with Crippen LogP contribution in [0, 0.1) is 23.2 Å². The number of nitrogens with zero attached hydrogens (tertiary/aromatic N) is 1. The Kier molecular flexibility index (Phi) is 5.44. The maximum atomic E-state index is 2.50. The number of para-hydroxylation sites is 2. The summed E-state index contributed by atoms with van der Waals surface area (Å²) >= 11 is 0. The van der Waals surface area contributed by atoms with Gasteiger partial charge >= 0.3 is 0 Å². The molecular weight excluding hydrogens is 494 g/mol. The third-order valence-electron chi connectivity index (χ3n) is 9.62. The zero-order valence-electron chi connectivity index (χ0n) is 23.5. The molecule has 1 heteroatoms. The second kappa shape index (κ2) is 9.21. The third kappa shape index (κ3) is 3.55. The molecule has 0 saturated carbocycles. The van der Waals surface area contributed by atoms with Crippen molar-refractivity contribution in [1.82, 2.24) is 4.57 Å². The van der Waals surface area contributed by atoms with Gasteiger partial charge in [0, 0.05) is 33.7 Å². The van der Waals surface area contributed by atoms with E-state index in [1.165, 1.54) is 54.6 Å². The van der Waals surface area contributed by atoms with Crippen LogP contribution in [0.3, 0.4) is 0 Å². The van der Waals surface area contributed by atoms with Crippen LogP contribution >= 0.6 is 0 Å². The van der Waals surface area contributed by atoms with Crippen LogP contribution < -0.4 is 10.4 Å². The van der Waals surface area contributed by atoms with Crippen LogP contribution in [0.5, 0.6) is 0 Å². The van der Waals surface area contributed by atoms with Gasteiger partial charge in [-0.25, -0.2) is 0 Å². The Labute approximate surface area is 241 Å². The highest BCUT2D eigenvalue weighted by molar-refractivity contribution is 6.10. The molecule has 8 rings (SSSR count). The largest absolute Gasteiger partial charge is 0.310 e. The molecule has 4 unspecified atom stereocenters. The molecule has 3 aliphatic carbocycles. The summed E-state index contributed by atoms with van der Waals surface area (Å²) in [5, 5.41) is 5.37. The van der Waals surface area contributed by atoms with Gasteiger partial charge in [0.1, 0.15) is 0 Å². The molecule has 5 aromatic rings. The Morgan fingerprint density at radius 2 is 1.29 bits per heavy atom. The summed E-state index contributed by atoms with van der Waals surface area (Å²) in [5.41, 5.74) is 7.94. The highest BCUT2D eigenvalue weighted by Crippen LogP contribution is 2.51. The second-order valence-corrected chi connectivity index (χ2v) is 12.0. The van der Waals surface area contributed by atoms with Crippen molar-refractivity contribution in [3.8, 4) is 0 Å². The summed E-state index contributed by atoms with van der Waals surface area (Å²) in [6.07, 6.45) is 16.7. The van der Waals surface area contributed by atoms with Crippen LogP contribution in [0.2, 0.25) is 0 Å². The Balaban J connectivity index is 1.33. The Hall–Kier alpha value is -4.62. The van der Waals surface area contributed by atoms with Gasteiger partial charge in [-0.15, -0.1) is 0 Å². The minimum atomic E-state index is -0.121. The first-order valence-electron chi connectivity index (χ1n) is 14.8. The Bertz CT molecular complexity index is 2030. The summed E-state index contributed by atoms with van der Waals surface area (Å²) in [4.78, 5) is 0. The van der Waals surface area contributed by atoms with E-state index in [0.29, 0.717) is 11.8 Å². The monoisotopic (exact) mass is 527 g/mol. The molecule has 0 saturated heterocycles. The number of aromatic nitrogens is 1. The molecule has 0 bridgehead atoms. The first-order valence-corrected chi connectivity index (χ1v) is 14.8. The average molecular weight is 528 g/mol. The highest BCUT2D eigenvalue weighted by Gasteiger charge is 2.43. The fourth-order valence-electron chi connectivity index (χ4n) is 7.81. The van der Waals surface area contributed by atoms with Crippen LogP contribution in [0.15, 0.2) is 146 Å². The lowest BCUT2D eigenvalue weighted by Crippen LogP contribution is -2.47. The third-order valence-corrected chi connectivity index (χ3v) is 9.62. The molecule has 0 radical (unpaired) electrons. The molecule has 0 N–H and O–H groups in total. The molecule has 41 heavy (non-hydrogen) atoms. The standard InChI is InChI=1S/C40H33N/c1-27-26-29(41-36-21-10-8-16-31(36)32-17-9-11-22-37(32)41)23-24-30(27)38-33-18-6-7-19-34(33)39(28-14-4-3-5-15-28)40(2)25-13-12-20-35(38)40/h3-27,30,35H,1-2H3. The van der Waals surface area contributed by atoms with Crippen molar-refractivity contribution in [2.24, 2.45) is 23.2 Å². The van der Waals surface area contributed by atoms with Gasteiger partial charge in [0.2, 0.25) is 0 Å². The molecule has 0 amide bonds. The Morgan fingerprint density at radius 1 is 0.659 bits per heavy atom. The topological polar surface area (TPSA) is 4.93 Å². The summed E-state index contributed by atoms with van der Waals surface area (Å²) < 4.78 is 2.45. The van der Waals surface area contributed by atoms with E-state index < -0.39 is 0 Å². The van der Waals surface area contributed by atoms with Crippen molar-refractivity contribution in [3.63, 3.8) is 0 Å². The van der Waals surface area contributed by atoms with Gasteiger partial charge in [-0.05, 0) is 51.3 Å². The van der Waals surface area contributed by atoms with Crippen LogP contribution in [-0.2, 0) is 0 Å². The zero-order valence-corrected chi connectivity index (χ0v) is 23.5. The summed E-state index contributed by atoms with van der Waals surface area (Å²) in [7, 11) is 0. The van der Waals surface area contributed by atoms with E-state index in [1.807, 2.05) is 0 Å². The minimum Gasteiger partial charge on any atom is -0.310 e. The van der Waals surface area contributed by atoms with Gasteiger partial charge in [-0.1, -0.05) is 141 Å². The van der Waals surface area contributed by atoms with E-state index in [2.05, 4.69) is 164 Å². The first kappa shape index (κ1) is 24.2. The number of fused-ring (bicyclic) bond motifs is 5.